The summed E-state index contributed by atoms with van der Waals surface area (Å²) in [6.45, 7) is 19.0. The average molecular weight is 549 g/mol. The Morgan fingerprint density at radius 2 is 1.50 bits per heavy atom. The summed E-state index contributed by atoms with van der Waals surface area (Å²) in [7, 11) is 0. The molecule has 0 aromatic rings. The molecule has 0 aromatic heterocycles. The van der Waals surface area contributed by atoms with E-state index in [0.717, 1.165) is 23.7 Å². The van der Waals surface area contributed by atoms with E-state index in [1.165, 1.54) is 128 Å². The number of hydrogen-bond donors (Lipinski definition) is 0. The fourth-order valence-electron chi connectivity index (χ4n) is 8.51. The molecule has 2 unspecified atom stereocenters. The minimum absolute atomic E-state index is 0.481. The second-order valence-corrected chi connectivity index (χ2v) is 15.1. The largest absolute Gasteiger partial charge is 0.0956 e. The molecule has 3 aliphatic rings. The van der Waals surface area contributed by atoms with Crippen molar-refractivity contribution >= 4 is 0 Å². The molecule has 3 saturated carbocycles. The molecule has 0 radical (unpaired) electrons. The first-order chi connectivity index (χ1) is 19.3. The van der Waals surface area contributed by atoms with E-state index >= 15 is 0 Å². The van der Waals surface area contributed by atoms with Crippen LogP contribution in [0.15, 0.2) is 47.6 Å². The third-order valence-electron chi connectivity index (χ3n) is 11.7. The van der Waals surface area contributed by atoms with Crippen LogP contribution in [0.25, 0.3) is 0 Å². The van der Waals surface area contributed by atoms with Gasteiger partial charge in [-0.2, -0.15) is 0 Å². The highest BCUT2D eigenvalue weighted by Gasteiger charge is 2.50. The first-order valence-electron chi connectivity index (χ1n) is 18.0. The minimum Gasteiger partial charge on any atom is -0.0956 e. The quantitative estimate of drug-likeness (QED) is 0.133. The highest BCUT2D eigenvalue weighted by molar-refractivity contribution is 5.36. The third-order valence-corrected chi connectivity index (χ3v) is 11.7. The van der Waals surface area contributed by atoms with Gasteiger partial charge >= 0.3 is 0 Å². The lowest BCUT2D eigenvalue weighted by atomic mass is 9.61. The zero-order chi connectivity index (χ0) is 29.0. The third kappa shape index (κ3) is 9.76. The molecule has 0 amide bonds. The monoisotopic (exact) mass is 549 g/mol. The summed E-state index contributed by atoms with van der Waals surface area (Å²) in [4.78, 5) is 0. The van der Waals surface area contributed by atoms with Crippen LogP contribution < -0.4 is 0 Å². The van der Waals surface area contributed by atoms with Crippen LogP contribution in [-0.2, 0) is 0 Å². The van der Waals surface area contributed by atoms with Crippen LogP contribution in [0, 0.1) is 40.9 Å². The van der Waals surface area contributed by atoms with Crippen molar-refractivity contribution in [1.29, 1.82) is 0 Å². The number of allylic oxidation sites excluding steroid dienone is 7. The fraction of sp³-hybridized carbons (Fsp3) is 0.800. The average Bonchev–Trinajstić information content (AvgIpc) is 3.30. The summed E-state index contributed by atoms with van der Waals surface area (Å²) in [5.41, 5.74) is 5.25. The van der Waals surface area contributed by atoms with Crippen molar-refractivity contribution in [1.82, 2.24) is 0 Å². The summed E-state index contributed by atoms with van der Waals surface area (Å²) >= 11 is 0. The zero-order valence-corrected chi connectivity index (χ0v) is 27.9. The van der Waals surface area contributed by atoms with Crippen molar-refractivity contribution < 1.29 is 0 Å². The molecule has 0 N–H and O–H groups in total. The van der Waals surface area contributed by atoms with Crippen molar-refractivity contribution in [3.63, 3.8) is 0 Å². The van der Waals surface area contributed by atoms with Gasteiger partial charge in [0.1, 0.15) is 0 Å². The molecule has 40 heavy (non-hydrogen) atoms. The molecule has 0 heteroatoms. The topological polar surface area (TPSA) is 0 Å². The van der Waals surface area contributed by atoms with E-state index in [0.29, 0.717) is 17.3 Å². The molecule has 0 nitrogen and oxygen atoms in total. The molecule has 0 aliphatic heterocycles. The van der Waals surface area contributed by atoms with Gasteiger partial charge in [0.25, 0.3) is 0 Å². The van der Waals surface area contributed by atoms with E-state index < -0.39 is 0 Å². The molecule has 0 aromatic carbocycles. The normalized spacial score (nSPS) is 31.0. The molecule has 3 aliphatic carbocycles. The van der Waals surface area contributed by atoms with Crippen molar-refractivity contribution in [2.24, 2.45) is 40.9 Å². The molecular weight excluding hydrogens is 480 g/mol. The van der Waals surface area contributed by atoms with Gasteiger partial charge in [0, 0.05) is 0 Å². The second-order valence-electron chi connectivity index (χ2n) is 15.1. The lowest BCUT2D eigenvalue weighted by Gasteiger charge is -2.44. The summed E-state index contributed by atoms with van der Waals surface area (Å²) in [5.74, 6) is 4.62. The molecule has 0 heterocycles. The number of fused-ring (bicyclic) bond motifs is 1. The zero-order valence-electron chi connectivity index (χ0n) is 27.9. The predicted octanol–water partition coefficient (Wildman–Crippen LogP) is 13.2. The van der Waals surface area contributed by atoms with Gasteiger partial charge < -0.3 is 0 Å². The van der Waals surface area contributed by atoms with Gasteiger partial charge in [-0.15, -0.1) is 0 Å². The van der Waals surface area contributed by atoms with E-state index in [1.807, 2.05) is 0 Å². The molecule has 0 saturated heterocycles. The maximum atomic E-state index is 4.51. The van der Waals surface area contributed by atoms with E-state index in [2.05, 4.69) is 72.4 Å². The Bertz CT molecular complexity index is 836. The van der Waals surface area contributed by atoms with Gasteiger partial charge in [0.15, 0.2) is 0 Å². The Hall–Kier alpha value is -1.04. The van der Waals surface area contributed by atoms with E-state index in [1.54, 1.807) is 11.1 Å². The second kappa shape index (κ2) is 17.2. The molecule has 0 bridgehead atoms. The maximum absolute atomic E-state index is 4.51. The molecule has 3 fully saturated rings. The van der Waals surface area contributed by atoms with Crippen molar-refractivity contribution in [3.05, 3.63) is 47.6 Å². The Labute approximate surface area is 251 Å². The highest BCUT2D eigenvalue weighted by atomic mass is 14.5. The standard InChI is InChI=1S/C40H68/c1-8-9-10-11-12-13-14-15-16-17-19-35-24-23-33(5)37(30-35)26-25-36-20-18-29-40(7)38(27-28-39(36)40)34(6)22-21-32(4)31(2)3/h21-22,25-26,31-32,34-35,38-39H,5,8-20,23-24,27-30H2,1-4,6-7H3/t32-,34+,35?,38+,39?,40+/m0/s1. The molecule has 0 spiro atoms. The molecule has 228 valence electrons. The first-order valence-corrected chi connectivity index (χ1v) is 18.0. The fourth-order valence-corrected chi connectivity index (χ4v) is 8.51. The van der Waals surface area contributed by atoms with Crippen molar-refractivity contribution in [2.75, 3.05) is 0 Å². The minimum atomic E-state index is 0.481. The Balaban J connectivity index is 1.49. The summed E-state index contributed by atoms with van der Waals surface area (Å²) in [6.07, 6.45) is 36.8. The van der Waals surface area contributed by atoms with E-state index in [-0.39, 0.29) is 0 Å². The Kier molecular flexibility index (Phi) is 14.4. The van der Waals surface area contributed by atoms with Crippen molar-refractivity contribution in [3.8, 4) is 0 Å². The van der Waals surface area contributed by atoms with Crippen LogP contribution in [0.1, 0.15) is 164 Å². The Morgan fingerprint density at radius 3 is 2.17 bits per heavy atom. The van der Waals surface area contributed by atoms with Crippen LogP contribution in [0.4, 0.5) is 0 Å². The first kappa shape index (κ1) is 33.5. The van der Waals surface area contributed by atoms with Crippen LogP contribution in [0.5, 0.6) is 0 Å². The van der Waals surface area contributed by atoms with Gasteiger partial charge in [0.2, 0.25) is 0 Å². The Morgan fingerprint density at radius 1 is 0.825 bits per heavy atom. The lowest BCUT2D eigenvalue weighted by Crippen LogP contribution is -2.35. The van der Waals surface area contributed by atoms with Crippen molar-refractivity contribution in [2.45, 2.75) is 164 Å². The smallest absolute Gasteiger partial charge is 0.0143 e. The van der Waals surface area contributed by atoms with E-state index in [4.69, 9.17) is 0 Å². The van der Waals surface area contributed by atoms with Gasteiger partial charge in [-0.1, -0.05) is 154 Å². The summed E-state index contributed by atoms with van der Waals surface area (Å²) in [5, 5.41) is 0. The highest BCUT2D eigenvalue weighted by Crippen LogP contribution is 2.59. The van der Waals surface area contributed by atoms with Gasteiger partial charge in [-0.3, -0.25) is 0 Å². The van der Waals surface area contributed by atoms with Gasteiger partial charge in [-0.25, -0.2) is 0 Å². The van der Waals surface area contributed by atoms with Crippen LogP contribution in [0.2, 0.25) is 0 Å². The molecule has 6 atom stereocenters. The number of hydrogen-bond acceptors (Lipinski definition) is 0. The lowest BCUT2D eigenvalue weighted by molar-refractivity contribution is 0.112. The number of rotatable bonds is 16. The molecule has 3 rings (SSSR count). The maximum Gasteiger partial charge on any atom is -0.0143 e. The van der Waals surface area contributed by atoms with Gasteiger partial charge in [-0.05, 0) is 97.9 Å². The summed E-state index contributed by atoms with van der Waals surface area (Å²) < 4.78 is 0. The molecular formula is C40H68. The summed E-state index contributed by atoms with van der Waals surface area (Å²) in [6, 6.07) is 0. The number of unbranched alkanes of at least 4 members (excludes halogenated alkanes) is 9. The van der Waals surface area contributed by atoms with Crippen LogP contribution in [0.3, 0.4) is 0 Å². The van der Waals surface area contributed by atoms with Crippen LogP contribution in [-0.4, -0.2) is 0 Å². The SMILES string of the molecule is C=C1CCC(CCCCCCCCCCCC)CC1=CC=C1CCC[C@@]2(C)C1CC[C@@H]2[C@H](C)C=C[C@H](C)C(C)C. The van der Waals surface area contributed by atoms with Crippen LogP contribution >= 0.6 is 0 Å². The van der Waals surface area contributed by atoms with E-state index in [9.17, 15) is 0 Å². The van der Waals surface area contributed by atoms with Gasteiger partial charge in [0.05, 0.1) is 0 Å². The predicted molar refractivity (Wildman–Crippen MR) is 180 cm³/mol.